The summed E-state index contributed by atoms with van der Waals surface area (Å²) in [5.74, 6) is -1.90. The van der Waals surface area contributed by atoms with Crippen LogP contribution < -0.4 is 10.1 Å². The third kappa shape index (κ3) is 2.98. The number of methoxy groups -OCH3 is 1. The molecule has 0 aromatic heterocycles. The molecule has 6 nitrogen and oxygen atoms in total. The van der Waals surface area contributed by atoms with Crippen LogP contribution in [0.1, 0.15) is 25.7 Å². The van der Waals surface area contributed by atoms with E-state index in [4.69, 9.17) is 4.74 Å². The van der Waals surface area contributed by atoms with Crippen LogP contribution in [0.3, 0.4) is 0 Å². The van der Waals surface area contributed by atoms with Crippen molar-refractivity contribution in [1.82, 2.24) is 4.90 Å². The van der Waals surface area contributed by atoms with E-state index in [0.29, 0.717) is 18.5 Å². The van der Waals surface area contributed by atoms with Gasteiger partial charge in [0.05, 0.1) is 24.6 Å². The van der Waals surface area contributed by atoms with Gasteiger partial charge < -0.3 is 10.1 Å². The van der Waals surface area contributed by atoms with E-state index >= 15 is 0 Å². The van der Waals surface area contributed by atoms with Gasteiger partial charge in [-0.3, -0.25) is 19.3 Å². The van der Waals surface area contributed by atoms with Crippen LogP contribution in [0, 0.1) is 17.7 Å². The van der Waals surface area contributed by atoms with Gasteiger partial charge in [0.1, 0.15) is 18.1 Å². The number of fused-ring (bicyclic) bond motifs is 1. The van der Waals surface area contributed by atoms with Crippen LogP contribution in [0.25, 0.3) is 0 Å². The first-order valence-electron chi connectivity index (χ1n) is 8.00. The number of nitrogens with zero attached hydrogens (tertiary/aromatic N) is 1. The lowest BCUT2D eigenvalue weighted by molar-refractivity contribution is -0.142. The van der Waals surface area contributed by atoms with Crippen molar-refractivity contribution in [1.29, 1.82) is 0 Å². The van der Waals surface area contributed by atoms with E-state index < -0.39 is 11.7 Å². The Hall–Kier alpha value is -2.44. The molecule has 1 aliphatic heterocycles. The van der Waals surface area contributed by atoms with E-state index in [9.17, 15) is 18.8 Å². The van der Waals surface area contributed by atoms with E-state index in [1.807, 2.05) is 0 Å². The summed E-state index contributed by atoms with van der Waals surface area (Å²) in [5.41, 5.74) is 0.292. The van der Waals surface area contributed by atoms with Gasteiger partial charge >= 0.3 is 0 Å². The van der Waals surface area contributed by atoms with Gasteiger partial charge in [0, 0.05) is 6.07 Å². The zero-order valence-electron chi connectivity index (χ0n) is 13.4. The fraction of sp³-hybridized carbons (Fsp3) is 0.471. The summed E-state index contributed by atoms with van der Waals surface area (Å²) in [6, 6.07) is 3.72. The van der Waals surface area contributed by atoms with E-state index in [1.54, 1.807) is 0 Å². The van der Waals surface area contributed by atoms with E-state index in [0.717, 1.165) is 23.8 Å². The minimum Gasteiger partial charge on any atom is -0.494 e. The highest BCUT2D eigenvalue weighted by molar-refractivity contribution is 6.08. The summed E-state index contributed by atoms with van der Waals surface area (Å²) >= 11 is 0. The fourth-order valence-corrected chi connectivity index (χ4v) is 3.49. The molecule has 128 valence electrons. The fourth-order valence-electron chi connectivity index (χ4n) is 3.49. The van der Waals surface area contributed by atoms with Crippen molar-refractivity contribution in [2.75, 3.05) is 19.0 Å². The van der Waals surface area contributed by atoms with Gasteiger partial charge in [-0.05, 0) is 25.0 Å². The van der Waals surface area contributed by atoms with E-state index in [-0.39, 0.29) is 35.9 Å². The number of rotatable bonds is 4. The third-order valence-electron chi connectivity index (χ3n) is 4.67. The average molecular weight is 334 g/mol. The largest absolute Gasteiger partial charge is 0.494 e. The zero-order chi connectivity index (χ0) is 17.3. The molecule has 1 aliphatic carbocycles. The Morgan fingerprint density at radius 2 is 1.88 bits per heavy atom. The number of hydrogen-bond donors (Lipinski definition) is 1. The van der Waals surface area contributed by atoms with Gasteiger partial charge in [0.2, 0.25) is 17.7 Å². The van der Waals surface area contributed by atoms with Crippen molar-refractivity contribution in [3.63, 3.8) is 0 Å². The Kier molecular flexibility index (Phi) is 4.51. The Labute approximate surface area is 139 Å². The second-order valence-electron chi connectivity index (χ2n) is 6.15. The highest BCUT2D eigenvalue weighted by Crippen LogP contribution is 2.37. The molecule has 2 unspecified atom stereocenters. The van der Waals surface area contributed by atoms with Gasteiger partial charge in [0.25, 0.3) is 0 Å². The molecule has 1 N–H and O–H groups in total. The van der Waals surface area contributed by atoms with E-state index in [1.165, 1.54) is 19.2 Å². The highest BCUT2D eigenvalue weighted by atomic mass is 19.1. The second kappa shape index (κ2) is 6.59. The van der Waals surface area contributed by atoms with Gasteiger partial charge in [-0.2, -0.15) is 0 Å². The number of amides is 3. The van der Waals surface area contributed by atoms with E-state index in [2.05, 4.69) is 5.32 Å². The molecule has 2 aliphatic rings. The topological polar surface area (TPSA) is 75.7 Å². The van der Waals surface area contributed by atoms with Gasteiger partial charge in [-0.1, -0.05) is 12.8 Å². The van der Waals surface area contributed by atoms with Gasteiger partial charge in [0.15, 0.2) is 0 Å². The summed E-state index contributed by atoms with van der Waals surface area (Å²) in [5, 5.41) is 2.56. The molecule has 24 heavy (non-hydrogen) atoms. The smallest absolute Gasteiger partial charge is 0.244 e. The maximum absolute atomic E-state index is 13.2. The first-order chi connectivity index (χ1) is 11.5. The number of imide groups is 1. The van der Waals surface area contributed by atoms with Crippen LogP contribution in [0.15, 0.2) is 18.2 Å². The van der Waals surface area contributed by atoms with Crippen LogP contribution in [-0.4, -0.2) is 36.3 Å². The van der Waals surface area contributed by atoms with Gasteiger partial charge in [-0.15, -0.1) is 0 Å². The molecule has 3 rings (SSSR count). The van der Waals surface area contributed by atoms with Crippen LogP contribution >= 0.6 is 0 Å². The van der Waals surface area contributed by atoms with Crippen LogP contribution in [0.4, 0.5) is 10.1 Å². The number of hydrogen-bond acceptors (Lipinski definition) is 4. The number of benzene rings is 1. The van der Waals surface area contributed by atoms with Gasteiger partial charge in [-0.25, -0.2) is 4.39 Å². The van der Waals surface area contributed by atoms with Crippen molar-refractivity contribution in [3.8, 4) is 5.75 Å². The number of nitrogens with one attached hydrogen (secondary N) is 1. The van der Waals surface area contributed by atoms with Crippen LogP contribution in [0.5, 0.6) is 5.75 Å². The Balaban J connectivity index is 1.69. The Morgan fingerprint density at radius 3 is 2.46 bits per heavy atom. The molecule has 1 saturated carbocycles. The summed E-state index contributed by atoms with van der Waals surface area (Å²) in [4.78, 5) is 38.0. The molecule has 3 amide bonds. The summed E-state index contributed by atoms with van der Waals surface area (Å²) in [6.07, 6.45) is 3.29. The predicted octanol–water partition coefficient (Wildman–Crippen LogP) is 1.95. The number of carbonyl (C=O) groups excluding carboxylic acids is 3. The molecule has 2 atom stereocenters. The standard InChI is InChI=1S/C17H19FN2O4/c1-24-14-8-10(18)6-7-13(14)19-15(21)9-20-16(22)11-4-2-3-5-12(11)17(20)23/h6-8,11-12H,2-5,9H2,1H3,(H,19,21). The molecular formula is C17H19FN2O4. The lowest BCUT2D eigenvalue weighted by atomic mass is 9.81. The number of ether oxygens (including phenoxy) is 1. The zero-order valence-corrected chi connectivity index (χ0v) is 13.4. The SMILES string of the molecule is COc1cc(F)ccc1NC(=O)CN1C(=O)C2CCCCC2C1=O. The van der Waals surface area contributed by atoms with Crippen molar-refractivity contribution >= 4 is 23.4 Å². The van der Waals surface area contributed by atoms with Crippen LogP contribution in [-0.2, 0) is 14.4 Å². The Morgan fingerprint density at radius 1 is 1.25 bits per heavy atom. The summed E-state index contributed by atoms with van der Waals surface area (Å²) < 4.78 is 18.2. The predicted molar refractivity (Wildman–Crippen MR) is 83.7 cm³/mol. The average Bonchev–Trinajstić information content (AvgIpc) is 2.82. The third-order valence-corrected chi connectivity index (χ3v) is 4.67. The number of halogens is 1. The van der Waals surface area contributed by atoms with Crippen LogP contribution in [0.2, 0.25) is 0 Å². The molecule has 1 aromatic carbocycles. The van der Waals surface area contributed by atoms with Crippen molar-refractivity contribution in [3.05, 3.63) is 24.0 Å². The normalized spacial score (nSPS) is 23.2. The molecule has 1 saturated heterocycles. The maximum Gasteiger partial charge on any atom is 0.244 e. The number of likely N-dealkylation sites (tertiary alicyclic amines) is 1. The number of anilines is 1. The number of carbonyl (C=O) groups is 3. The summed E-state index contributed by atoms with van der Waals surface area (Å²) in [6.45, 7) is -0.328. The highest BCUT2D eigenvalue weighted by Gasteiger charge is 2.48. The molecule has 0 spiro atoms. The van der Waals surface area contributed by atoms with Crippen molar-refractivity contribution in [2.24, 2.45) is 11.8 Å². The quantitative estimate of drug-likeness (QED) is 0.854. The Bertz CT molecular complexity index is 667. The minimum absolute atomic E-state index is 0.177. The van der Waals surface area contributed by atoms with Crippen molar-refractivity contribution in [2.45, 2.75) is 25.7 Å². The molecule has 1 heterocycles. The first-order valence-corrected chi connectivity index (χ1v) is 8.00. The molecular weight excluding hydrogens is 315 g/mol. The monoisotopic (exact) mass is 334 g/mol. The second-order valence-corrected chi connectivity index (χ2v) is 6.15. The maximum atomic E-state index is 13.2. The molecule has 7 heteroatoms. The minimum atomic E-state index is -0.514. The lowest BCUT2D eigenvalue weighted by Gasteiger charge is -2.19. The van der Waals surface area contributed by atoms with Crippen molar-refractivity contribution < 1.29 is 23.5 Å². The molecule has 1 aromatic rings. The molecule has 0 bridgehead atoms. The summed E-state index contributed by atoms with van der Waals surface area (Å²) in [7, 11) is 1.36. The lowest BCUT2D eigenvalue weighted by Crippen LogP contribution is -2.38. The first kappa shape index (κ1) is 16.4. The molecule has 0 radical (unpaired) electrons. The molecule has 2 fully saturated rings.